The number of carbonyl (C=O) groups excluding carboxylic acids is 5. The first-order valence-corrected chi connectivity index (χ1v) is 13.4. The maximum atomic E-state index is 12.0. The molecule has 1 aliphatic heterocycles. The van der Waals surface area contributed by atoms with Crippen molar-refractivity contribution < 1.29 is 52.8 Å². The van der Waals surface area contributed by atoms with Gasteiger partial charge in [-0.2, -0.15) is 0 Å². The van der Waals surface area contributed by atoms with Gasteiger partial charge >= 0.3 is 17.9 Å². The molecule has 1 rings (SSSR count). The molecule has 0 aromatic rings. The Hall–Kier alpha value is -2.77. The van der Waals surface area contributed by atoms with Crippen LogP contribution in [0.5, 0.6) is 0 Å². The predicted octanol–water partition coefficient (Wildman–Crippen LogP) is 0.888. The molecule has 5 atom stereocenters. The minimum Gasteiger partial charge on any atom is -0.463 e. The maximum absolute atomic E-state index is 12.0. The quantitative estimate of drug-likeness (QED) is 0.123. The molecule has 3 N–H and O–H groups in total. The summed E-state index contributed by atoms with van der Waals surface area (Å²) in [7, 11) is 0. The summed E-state index contributed by atoms with van der Waals surface area (Å²) < 4.78 is 27.7. The molecule has 1 fully saturated rings. The van der Waals surface area contributed by atoms with E-state index in [1.807, 2.05) is 0 Å². The maximum Gasteiger partial charge on any atom is 0.303 e. The van der Waals surface area contributed by atoms with E-state index in [-0.39, 0.29) is 25.7 Å². The van der Waals surface area contributed by atoms with E-state index < -0.39 is 54.5 Å². The molecule has 5 unspecified atom stereocenters. The molecule has 0 aromatic heterocycles. The van der Waals surface area contributed by atoms with Crippen molar-refractivity contribution in [3.8, 4) is 0 Å². The molecule has 0 bridgehead atoms. The summed E-state index contributed by atoms with van der Waals surface area (Å²) in [5, 5.41) is 14.3. The first-order chi connectivity index (χ1) is 18.5. The number of hydrogen-bond acceptors (Lipinski definition) is 11. The summed E-state index contributed by atoms with van der Waals surface area (Å²) >= 11 is 0. The van der Waals surface area contributed by atoms with Gasteiger partial charge in [-0.05, 0) is 25.7 Å². The van der Waals surface area contributed by atoms with Crippen molar-refractivity contribution in [1.82, 2.24) is 10.6 Å². The molecule has 0 aliphatic carbocycles. The first-order valence-electron chi connectivity index (χ1n) is 13.4. The monoisotopic (exact) mass is 560 g/mol. The molecule has 0 spiro atoms. The number of unbranched alkanes of at least 4 members (excludes halogenated alkanes) is 5. The van der Waals surface area contributed by atoms with Gasteiger partial charge in [-0.15, -0.1) is 0 Å². The standard InChI is InChI=1S/C26H44N2O11/c1-17(30)28-23-25(38-20(4)33)24(37-19(3)32)21(16-36-18(2)31)39-26(23)35-15-11-7-8-12-22(34)27-13-9-5-6-10-14-29/h21,23-26,29H,5-16H2,1-4H3,(H,27,34)(H,28,30). The fourth-order valence-electron chi connectivity index (χ4n) is 4.10. The summed E-state index contributed by atoms with van der Waals surface area (Å²) in [5.74, 6) is -2.42. The minimum atomic E-state index is -1.17. The van der Waals surface area contributed by atoms with Crippen LogP contribution in [-0.4, -0.2) is 91.8 Å². The van der Waals surface area contributed by atoms with Crippen LogP contribution >= 0.6 is 0 Å². The molecule has 1 saturated heterocycles. The third-order valence-electron chi connectivity index (χ3n) is 5.81. The zero-order chi connectivity index (χ0) is 29.2. The average molecular weight is 561 g/mol. The van der Waals surface area contributed by atoms with Gasteiger partial charge in [-0.1, -0.05) is 19.3 Å². The number of carbonyl (C=O) groups is 5. The third-order valence-corrected chi connectivity index (χ3v) is 5.81. The number of rotatable bonds is 18. The number of aliphatic hydroxyl groups is 1. The molecule has 0 radical (unpaired) electrons. The number of amides is 2. The molecule has 0 aromatic carbocycles. The summed E-state index contributed by atoms with van der Waals surface area (Å²) in [6, 6.07) is -1.01. The van der Waals surface area contributed by atoms with Crippen molar-refractivity contribution in [1.29, 1.82) is 0 Å². The second kappa shape index (κ2) is 19.3. The Labute approximate surface area is 229 Å². The van der Waals surface area contributed by atoms with Gasteiger partial charge in [0.2, 0.25) is 11.8 Å². The lowest BCUT2D eigenvalue weighted by Crippen LogP contribution is -2.66. The summed E-state index contributed by atoms with van der Waals surface area (Å²) in [6.45, 7) is 5.54. The minimum absolute atomic E-state index is 0.0199. The van der Waals surface area contributed by atoms with Crippen LogP contribution in [0.25, 0.3) is 0 Å². The Morgan fingerprint density at radius 3 is 2.05 bits per heavy atom. The highest BCUT2D eigenvalue weighted by Gasteiger charge is 2.51. The van der Waals surface area contributed by atoms with E-state index in [9.17, 15) is 24.0 Å². The Balaban J connectivity index is 2.70. The summed E-state index contributed by atoms with van der Waals surface area (Å²) in [5.41, 5.74) is 0. The second-order valence-corrected chi connectivity index (χ2v) is 9.39. The molecular formula is C26H44N2O11. The Morgan fingerprint density at radius 2 is 1.44 bits per heavy atom. The molecule has 39 heavy (non-hydrogen) atoms. The van der Waals surface area contributed by atoms with Crippen LogP contribution in [0.1, 0.15) is 79.1 Å². The van der Waals surface area contributed by atoms with E-state index >= 15 is 0 Å². The van der Waals surface area contributed by atoms with Crippen molar-refractivity contribution in [3.05, 3.63) is 0 Å². The summed E-state index contributed by atoms with van der Waals surface area (Å²) in [4.78, 5) is 59.0. The molecular weight excluding hydrogens is 516 g/mol. The van der Waals surface area contributed by atoms with Crippen molar-refractivity contribution in [3.63, 3.8) is 0 Å². The highest BCUT2D eigenvalue weighted by atomic mass is 16.7. The van der Waals surface area contributed by atoms with Gasteiger partial charge in [-0.25, -0.2) is 0 Å². The molecule has 1 aliphatic rings. The van der Waals surface area contributed by atoms with Gasteiger partial charge in [0.15, 0.2) is 18.5 Å². The Morgan fingerprint density at radius 1 is 0.795 bits per heavy atom. The Bertz CT molecular complexity index is 792. The molecule has 13 heteroatoms. The van der Waals surface area contributed by atoms with Gasteiger partial charge in [0, 0.05) is 53.9 Å². The summed E-state index contributed by atoms with van der Waals surface area (Å²) in [6.07, 6.45) is 1.41. The van der Waals surface area contributed by atoms with Gasteiger partial charge < -0.3 is 39.4 Å². The number of aliphatic hydroxyl groups excluding tert-OH is 1. The van der Waals surface area contributed by atoms with E-state index in [0.29, 0.717) is 32.2 Å². The van der Waals surface area contributed by atoms with Crippen molar-refractivity contribution in [2.75, 3.05) is 26.4 Å². The van der Waals surface area contributed by atoms with Crippen LogP contribution in [-0.2, 0) is 47.7 Å². The number of nitrogens with one attached hydrogen (secondary N) is 2. The van der Waals surface area contributed by atoms with Crippen LogP contribution in [0.3, 0.4) is 0 Å². The van der Waals surface area contributed by atoms with Gasteiger partial charge in [0.1, 0.15) is 18.8 Å². The molecule has 13 nitrogen and oxygen atoms in total. The van der Waals surface area contributed by atoms with E-state index in [1.54, 1.807) is 0 Å². The van der Waals surface area contributed by atoms with Gasteiger partial charge in [0.05, 0.1) is 0 Å². The van der Waals surface area contributed by atoms with E-state index in [0.717, 1.165) is 25.7 Å². The van der Waals surface area contributed by atoms with E-state index in [1.165, 1.54) is 27.7 Å². The molecule has 2 amide bonds. The van der Waals surface area contributed by atoms with Crippen LogP contribution in [0.4, 0.5) is 0 Å². The van der Waals surface area contributed by atoms with E-state index in [4.69, 9.17) is 28.8 Å². The SMILES string of the molecule is CC(=O)NC1C(OCCCCCC(=O)NCCCCCCO)OC(COC(C)=O)C(OC(C)=O)C1OC(C)=O. The lowest BCUT2D eigenvalue weighted by Gasteiger charge is -2.44. The number of ether oxygens (including phenoxy) is 5. The van der Waals surface area contributed by atoms with Gasteiger partial charge in [0.25, 0.3) is 0 Å². The van der Waals surface area contributed by atoms with Crippen molar-refractivity contribution >= 4 is 29.7 Å². The zero-order valence-corrected chi connectivity index (χ0v) is 23.4. The van der Waals surface area contributed by atoms with Crippen LogP contribution < -0.4 is 10.6 Å². The van der Waals surface area contributed by atoms with Crippen LogP contribution in [0.2, 0.25) is 0 Å². The van der Waals surface area contributed by atoms with Crippen LogP contribution in [0, 0.1) is 0 Å². The highest BCUT2D eigenvalue weighted by Crippen LogP contribution is 2.28. The second-order valence-electron chi connectivity index (χ2n) is 9.39. The first kappa shape index (κ1) is 34.3. The largest absolute Gasteiger partial charge is 0.463 e. The van der Waals surface area contributed by atoms with Crippen molar-refractivity contribution in [2.45, 2.75) is 110 Å². The van der Waals surface area contributed by atoms with Crippen LogP contribution in [0.15, 0.2) is 0 Å². The lowest BCUT2D eigenvalue weighted by atomic mass is 9.96. The Kier molecular flexibility index (Phi) is 17.0. The molecule has 224 valence electrons. The normalized spacial score (nSPS) is 22.4. The number of esters is 3. The van der Waals surface area contributed by atoms with E-state index in [2.05, 4.69) is 10.6 Å². The predicted molar refractivity (Wildman–Crippen MR) is 137 cm³/mol. The lowest BCUT2D eigenvalue weighted by molar-refractivity contribution is -0.277. The van der Waals surface area contributed by atoms with Gasteiger partial charge in [-0.3, -0.25) is 24.0 Å². The smallest absolute Gasteiger partial charge is 0.303 e. The third kappa shape index (κ3) is 14.8. The molecule has 0 saturated carbocycles. The molecule has 1 heterocycles. The number of hydrogen-bond donors (Lipinski definition) is 3. The topological polar surface area (TPSA) is 176 Å². The fraction of sp³-hybridized carbons (Fsp3) is 0.808. The highest BCUT2D eigenvalue weighted by molar-refractivity contribution is 5.75. The van der Waals surface area contributed by atoms with Crippen molar-refractivity contribution in [2.24, 2.45) is 0 Å². The zero-order valence-electron chi connectivity index (χ0n) is 23.4. The average Bonchev–Trinajstić information content (AvgIpc) is 2.84. The fourth-order valence-corrected chi connectivity index (χ4v) is 4.10.